The molecule has 5 rings (SSSR count). The van der Waals surface area contributed by atoms with E-state index < -0.39 is 16.6 Å². The molecular formula is C25H36O7. The van der Waals surface area contributed by atoms with Crippen molar-refractivity contribution >= 4 is 11.9 Å². The van der Waals surface area contributed by atoms with Gasteiger partial charge in [-0.2, -0.15) is 0 Å². The van der Waals surface area contributed by atoms with Crippen LogP contribution in [0, 0.1) is 28.6 Å². The van der Waals surface area contributed by atoms with Gasteiger partial charge in [-0.15, -0.1) is 0 Å². The second-order valence-corrected chi connectivity index (χ2v) is 11.4. The molecule has 178 valence electrons. The number of carbonyl (C=O) groups excluding carboxylic acids is 2. The number of carbonyl (C=O) groups is 2. The standard InChI is InChI=1S/C25H36O7/c1-15(27)32-17-3-8-23(14-26)19-4-7-22(2)18(16-11-21(28)31-13-16)6-10-25(22,30)20(19)5-9-24(23,29)12-17/h11,17-20,26,29-30H,3-10,12-14H2,1-2H3/t17-,18+,19-,20+,22-,23+,24+,25+/m1/s1. The average molecular weight is 449 g/mol. The van der Waals surface area contributed by atoms with Crippen molar-refractivity contribution in [2.45, 2.75) is 88.9 Å². The summed E-state index contributed by atoms with van der Waals surface area (Å²) in [5, 5.41) is 34.7. The first-order chi connectivity index (χ1) is 15.1. The van der Waals surface area contributed by atoms with Crippen LogP contribution in [-0.4, -0.2) is 57.8 Å². The zero-order valence-electron chi connectivity index (χ0n) is 19.1. The van der Waals surface area contributed by atoms with Crippen LogP contribution in [0.2, 0.25) is 0 Å². The number of fused-ring (bicyclic) bond motifs is 5. The maximum Gasteiger partial charge on any atom is 0.331 e. The minimum absolute atomic E-state index is 0.0109. The third-order valence-corrected chi connectivity index (χ3v) is 10.4. The van der Waals surface area contributed by atoms with Gasteiger partial charge in [0.1, 0.15) is 12.7 Å². The van der Waals surface area contributed by atoms with E-state index in [1.807, 2.05) is 0 Å². The van der Waals surface area contributed by atoms with Gasteiger partial charge in [0.05, 0.1) is 17.8 Å². The fourth-order valence-electron chi connectivity index (χ4n) is 8.83. The highest BCUT2D eigenvalue weighted by atomic mass is 16.5. The summed E-state index contributed by atoms with van der Waals surface area (Å²) in [4.78, 5) is 23.2. The Kier molecular flexibility index (Phi) is 5.08. The van der Waals surface area contributed by atoms with Gasteiger partial charge in [0.2, 0.25) is 0 Å². The molecule has 0 unspecified atom stereocenters. The quantitative estimate of drug-likeness (QED) is 0.568. The molecule has 4 fully saturated rings. The van der Waals surface area contributed by atoms with Crippen LogP contribution in [0.3, 0.4) is 0 Å². The molecule has 1 aliphatic heterocycles. The van der Waals surface area contributed by atoms with E-state index in [0.717, 1.165) is 24.8 Å². The maximum atomic E-state index is 12.2. The molecule has 3 N–H and O–H groups in total. The Hall–Kier alpha value is -1.44. The Balaban J connectivity index is 1.46. The lowest BCUT2D eigenvalue weighted by molar-refractivity contribution is -0.270. The highest BCUT2D eigenvalue weighted by Crippen LogP contribution is 2.70. The number of rotatable bonds is 3. The van der Waals surface area contributed by atoms with E-state index in [4.69, 9.17) is 9.47 Å². The second-order valence-electron chi connectivity index (χ2n) is 11.4. The molecule has 0 amide bonds. The highest BCUT2D eigenvalue weighted by molar-refractivity contribution is 5.85. The summed E-state index contributed by atoms with van der Waals surface area (Å²) in [6, 6.07) is 0. The van der Waals surface area contributed by atoms with Crippen molar-refractivity contribution in [3.8, 4) is 0 Å². The van der Waals surface area contributed by atoms with Gasteiger partial charge in [-0.25, -0.2) is 4.79 Å². The lowest BCUT2D eigenvalue weighted by atomic mass is 9.41. The second kappa shape index (κ2) is 7.28. The van der Waals surface area contributed by atoms with E-state index in [1.54, 1.807) is 6.08 Å². The van der Waals surface area contributed by atoms with Crippen LogP contribution in [0.5, 0.6) is 0 Å². The summed E-state index contributed by atoms with van der Waals surface area (Å²) < 4.78 is 10.6. The summed E-state index contributed by atoms with van der Waals surface area (Å²) >= 11 is 0. The smallest absolute Gasteiger partial charge is 0.331 e. The fourth-order valence-corrected chi connectivity index (χ4v) is 8.83. The molecule has 0 radical (unpaired) electrons. The minimum atomic E-state index is -1.10. The topological polar surface area (TPSA) is 113 Å². The van der Waals surface area contributed by atoms with Crippen molar-refractivity contribution in [3.05, 3.63) is 11.6 Å². The van der Waals surface area contributed by atoms with Crippen LogP contribution in [-0.2, 0) is 19.1 Å². The molecule has 8 atom stereocenters. The summed E-state index contributed by atoms with van der Waals surface area (Å²) in [5.41, 5.74) is -2.04. The van der Waals surface area contributed by atoms with E-state index in [9.17, 15) is 24.9 Å². The predicted octanol–water partition coefficient (Wildman–Crippen LogP) is 2.26. The molecule has 5 aliphatic rings. The molecule has 1 heterocycles. The molecule has 0 spiro atoms. The Morgan fingerprint density at radius 1 is 1.12 bits per heavy atom. The molecule has 7 heteroatoms. The van der Waals surface area contributed by atoms with Gasteiger partial charge in [-0.1, -0.05) is 6.92 Å². The van der Waals surface area contributed by atoms with Crippen LogP contribution in [0.4, 0.5) is 0 Å². The first-order valence-electron chi connectivity index (χ1n) is 12.2. The molecular weight excluding hydrogens is 412 g/mol. The van der Waals surface area contributed by atoms with Crippen molar-refractivity contribution in [2.24, 2.45) is 28.6 Å². The van der Waals surface area contributed by atoms with E-state index in [0.29, 0.717) is 45.1 Å². The molecule has 4 aliphatic carbocycles. The van der Waals surface area contributed by atoms with Gasteiger partial charge in [-0.3, -0.25) is 4.79 Å². The van der Waals surface area contributed by atoms with E-state index in [1.165, 1.54) is 6.92 Å². The van der Waals surface area contributed by atoms with E-state index >= 15 is 0 Å². The summed E-state index contributed by atoms with van der Waals surface area (Å²) in [5.74, 6) is -0.517. The van der Waals surface area contributed by atoms with Gasteiger partial charge in [0, 0.05) is 30.3 Å². The number of hydrogen-bond acceptors (Lipinski definition) is 7. The maximum absolute atomic E-state index is 12.2. The number of hydrogen-bond donors (Lipinski definition) is 3. The monoisotopic (exact) mass is 448 g/mol. The lowest BCUT2D eigenvalue weighted by Crippen LogP contribution is -2.69. The van der Waals surface area contributed by atoms with E-state index in [-0.39, 0.29) is 47.8 Å². The SMILES string of the molecule is CC(=O)O[C@@H]1CC[C@]2(CO)[C@@H]3CC[C@]4(C)[C@H](C5=CC(=O)OC5)CC[C@]4(O)[C@H]3CC[C@]2(O)C1. The van der Waals surface area contributed by atoms with Gasteiger partial charge >= 0.3 is 11.9 Å². The first-order valence-corrected chi connectivity index (χ1v) is 12.2. The average Bonchev–Trinajstić information content (AvgIpc) is 3.27. The molecule has 7 nitrogen and oxygen atoms in total. The van der Waals surface area contributed by atoms with Crippen molar-refractivity contribution in [3.63, 3.8) is 0 Å². The largest absolute Gasteiger partial charge is 0.462 e. The molecule has 0 saturated heterocycles. The first kappa shape index (κ1) is 22.4. The van der Waals surface area contributed by atoms with E-state index in [2.05, 4.69) is 6.92 Å². The molecule has 0 aromatic carbocycles. The van der Waals surface area contributed by atoms with Crippen LogP contribution in [0.25, 0.3) is 0 Å². The number of aliphatic hydroxyl groups is 3. The normalized spacial score (nSPS) is 50.0. The Bertz CT molecular complexity index is 853. The molecule has 0 aromatic rings. The highest BCUT2D eigenvalue weighted by Gasteiger charge is 2.71. The molecule has 0 bridgehead atoms. The zero-order valence-corrected chi connectivity index (χ0v) is 19.1. The summed E-state index contributed by atoms with van der Waals surface area (Å²) in [6.07, 6.45) is 7.10. The van der Waals surface area contributed by atoms with Crippen molar-refractivity contribution in [1.29, 1.82) is 0 Å². The summed E-state index contributed by atoms with van der Waals surface area (Å²) in [7, 11) is 0. The van der Waals surface area contributed by atoms with Crippen molar-refractivity contribution in [2.75, 3.05) is 13.2 Å². The number of cyclic esters (lactones) is 1. The molecule has 32 heavy (non-hydrogen) atoms. The third-order valence-electron chi connectivity index (χ3n) is 10.4. The third kappa shape index (κ3) is 2.83. The Morgan fingerprint density at radius 2 is 1.88 bits per heavy atom. The Morgan fingerprint density at radius 3 is 2.53 bits per heavy atom. The Labute approximate surface area is 189 Å². The number of aliphatic hydroxyl groups excluding tert-OH is 1. The van der Waals surface area contributed by atoms with Gasteiger partial charge in [0.15, 0.2) is 0 Å². The van der Waals surface area contributed by atoms with Crippen LogP contribution in [0.1, 0.15) is 71.6 Å². The number of esters is 2. The van der Waals surface area contributed by atoms with Crippen molar-refractivity contribution < 1.29 is 34.4 Å². The van der Waals surface area contributed by atoms with Crippen molar-refractivity contribution in [1.82, 2.24) is 0 Å². The predicted molar refractivity (Wildman–Crippen MR) is 114 cm³/mol. The van der Waals surface area contributed by atoms with Crippen LogP contribution < -0.4 is 0 Å². The lowest BCUT2D eigenvalue weighted by Gasteiger charge is -2.66. The molecule has 4 saturated carbocycles. The minimum Gasteiger partial charge on any atom is -0.462 e. The van der Waals surface area contributed by atoms with Crippen LogP contribution >= 0.6 is 0 Å². The zero-order chi connectivity index (χ0) is 22.9. The van der Waals surface area contributed by atoms with Gasteiger partial charge < -0.3 is 24.8 Å². The van der Waals surface area contributed by atoms with Gasteiger partial charge in [-0.05, 0) is 74.7 Å². The number of ether oxygens (including phenoxy) is 2. The molecule has 0 aromatic heterocycles. The van der Waals surface area contributed by atoms with Crippen LogP contribution in [0.15, 0.2) is 11.6 Å². The summed E-state index contributed by atoms with van der Waals surface area (Å²) in [6.45, 7) is 3.75. The fraction of sp³-hybridized carbons (Fsp3) is 0.840. The van der Waals surface area contributed by atoms with Gasteiger partial charge in [0.25, 0.3) is 0 Å².